The lowest BCUT2D eigenvalue weighted by Gasteiger charge is -2.10. The molecule has 1 amide bonds. The van der Waals surface area contributed by atoms with Crippen molar-refractivity contribution in [2.75, 3.05) is 0 Å². The van der Waals surface area contributed by atoms with Crippen LogP contribution >= 0.6 is 0 Å². The predicted octanol–water partition coefficient (Wildman–Crippen LogP) is 1.07. The number of carbonyl (C=O) groups is 1. The number of ether oxygens (including phenoxy) is 1. The summed E-state index contributed by atoms with van der Waals surface area (Å²) in [6, 6.07) is 4.05. The van der Waals surface area contributed by atoms with Crippen LogP contribution in [0.1, 0.15) is 11.6 Å². The van der Waals surface area contributed by atoms with E-state index in [9.17, 15) is 18.0 Å². The SMILES string of the molecule is NC1=NC(c2ccc(OC(F)(F)F)cc2)C(=O)N1. The third-order valence-corrected chi connectivity index (χ3v) is 2.20. The summed E-state index contributed by atoms with van der Waals surface area (Å²) < 4.78 is 39.5. The molecule has 3 N–H and O–H groups in total. The minimum Gasteiger partial charge on any atom is -0.406 e. The number of rotatable bonds is 2. The van der Waals surface area contributed by atoms with Gasteiger partial charge in [0.25, 0.3) is 5.91 Å². The van der Waals surface area contributed by atoms with E-state index in [1.807, 2.05) is 0 Å². The maximum absolute atomic E-state index is 11.9. The van der Waals surface area contributed by atoms with Crippen molar-refractivity contribution < 1.29 is 22.7 Å². The van der Waals surface area contributed by atoms with E-state index in [0.29, 0.717) is 5.56 Å². The zero-order chi connectivity index (χ0) is 13.3. The first-order valence-electron chi connectivity index (χ1n) is 4.85. The van der Waals surface area contributed by atoms with E-state index in [0.717, 1.165) is 12.1 Å². The number of carbonyl (C=O) groups excluding carboxylic acids is 1. The first-order chi connectivity index (χ1) is 8.35. The summed E-state index contributed by atoms with van der Waals surface area (Å²) in [5.74, 6) is -0.792. The van der Waals surface area contributed by atoms with Crippen molar-refractivity contribution in [3.63, 3.8) is 0 Å². The van der Waals surface area contributed by atoms with Crippen LogP contribution in [-0.2, 0) is 4.79 Å². The molecule has 1 heterocycles. The van der Waals surface area contributed by atoms with E-state index in [-0.39, 0.29) is 11.7 Å². The van der Waals surface area contributed by atoms with Gasteiger partial charge in [-0.1, -0.05) is 12.1 Å². The summed E-state index contributed by atoms with van der Waals surface area (Å²) in [6.07, 6.45) is -4.74. The molecule has 1 aliphatic rings. The molecule has 0 fully saturated rings. The van der Waals surface area contributed by atoms with Crippen LogP contribution in [-0.4, -0.2) is 18.2 Å². The average molecular weight is 259 g/mol. The summed E-state index contributed by atoms with van der Waals surface area (Å²) in [4.78, 5) is 15.2. The van der Waals surface area contributed by atoms with Gasteiger partial charge in [-0.05, 0) is 17.7 Å². The molecule has 1 aliphatic heterocycles. The van der Waals surface area contributed by atoms with E-state index in [4.69, 9.17) is 5.73 Å². The van der Waals surface area contributed by atoms with Gasteiger partial charge in [0.05, 0.1) is 0 Å². The van der Waals surface area contributed by atoms with Crippen LogP contribution in [0.5, 0.6) is 5.75 Å². The Labute approximate surface area is 99.4 Å². The molecule has 0 bridgehead atoms. The fourth-order valence-electron chi connectivity index (χ4n) is 1.50. The van der Waals surface area contributed by atoms with Crippen LogP contribution in [0.4, 0.5) is 13.2 Å². The molecule has 8 heteroatoms. The first kappa shape index (κ1) is 12.2. The molecule has 0 aromatic heterocycles. The number of hydrogen-bond acceptors (Lipinski definition) is 4. The van der Waals surface area contributed by atoms with Gasteiger partial charge in [0.1, 0.15) is 5.75 Å². The average Bonchev–Trinajstić information content (AvgIpc) is 2.57. The monoisotopic (exact) mass is 259 g/mol. The first-order valence-corrected chi connectivity index (χ1v) is 4.85. The van der Waals surface area contributed by atoms with Gasteiger partial charge in [0, 0.05) is 0 Å². The number of hydrogen-bond donors (Lipinski definition) is 2. The minimum absolute atomic E-state index is 0.0133. The summed E-state index contributed by atoms with van der Waals surface area (Å²) in [7, 11) is 0. The van der Waals surface area contributed by atoms with Crippen molar-refractivity contribution in [2.24, 2.45) is 10.7 Å². The Morgan fingerprint density at radius 1 is 1.28 bits per heavy atom. The summed E-state index contributed by atoms with van der Waals surface area (Å²) in [6.45, 7) is 0. The zero-order valence-electron chi connectivity index (χ0n) is 8.86. The van der Waals surface area contributed by atoms with Crippen molar-refractivity contribution >= 4 is 11.9 Å². The number of nitrogens with one attached hydrogen (secondary N) is 1. The molecule has 0 saturated carbocycles. The second-order valence-electron chi connectivity index (χ2n) is 3.52. The fraction of sp³-hybridized carbons (Fsp3) is 0.200. The Hall–Kier alpha value is -2.25. The molecule has 0 aliphatic carbocycles. The molecular weight excluding hydrogens is 251 g/mol. The third-order valence-electron chi connectivity index (χ3n) is 2.20. The molecule has 5 nitrogen and oxygen atoms in total. The van der Waals surface area contributed by atoms with Gasteiger partial charge >= 0.3 is 6.36 Å². The molecular formula is C10H8F3N3O2. The summed E-state index contributed by atoms with van der Waals surface area (Å²) >= 11 is 0. The molecule has 96 valence electrons. The van der Waals surface area contributed by atoms with Crippen molar-refractivity contribution in [1.29, 1.82) is 0 Å². The Morgan fingerprint density at radius 3 is 2.33 bits per heavy atom. The summed E-state index contributed by atoms with van der Waals surface area (Å²) in [5, 5.41) is 2.30. The largest absolute Gasteiger partial charge is 0.573 e. The zero-order valence-corrected chi connectivity index (χ0v) is 8.86. The second kappa shape index (κ2) is 4.21. The Morgan fingerprint density at radius 2 is 1.89 bits per heavy atom. The molecule has 0 spiro atoms. The Kier molecular flexibility index (Phi) is 2.85. The van der Waals surface area contributed by atoms with E-state index in [2.05, 4.69) is 15.0 Å². The highest BCUT2D eigenvalue weighted by Crippen LogP contribution is 2.26. The molecule has 1 aromatic rings. The van der Waals surface area contributed by atoms with Crippen LogP contribution in [0.15, 0.2) is 29.3 Å². The lowest BCUT2D eigenvalue weighted by Crippen LogP contribution is -2.31. The number of nitrogens with zero attached hydrogens (tertiary/aromatic N) is 1. The second-order valence-corrected chi connectivity index (χ2v) is 3.52. The van der Waals surface area contributed by atoms with Gasteiger partial charge in [-0.15, -0.1) is 13.2 Å². The minimum atomic E-state index is -4.74. The number of amides is 1. The summed E-state index contributed by atoms with van der Waals surface area (Å²) in [5.41, 5.74) is 5.74. The smallest absolute Gasteiger partial charge is 0.406 e. The fourth-order valence-corrected chi connectivity index (χ4v) is 1.50. The quantitative estimate of drug-likeness (QED) is 0.834. The van der Waals surface area contributed by atoms with E-state index in [1.54, 1.807) is 0 Å². The van der Waals surface area contributed by atoms with Gasteiger partial charge in [-0.3, -0.25) is 10.1 Å². The van der Waals surface area contributed by atoms with Crippen LogP contribution < -0.4 is 15.8 Å². The Balaban J connectivity index is 2.16. The molecule has 1 aromatic carbocycles. The van der Waals surface area contributed by atoms with Crippen molar-refractivity contribution in [2.45, 2.75) is 12.4 Å². The number of halogens is 3. The van der Waals surface area contributed by atoms with E-state index >= 15 is 0 Å². The lowest BCUT2D eigenvalue weighted by molar-refractivity contribution is -0.274. The number of benzene rings is 1. The molecule has 18 heavy (non-hydrogen) atoms. The van der Waals surface area contributed by atoms with Crippen molar-refractivity contribution in [1.82, 2.24) is 5.32 Å². The normalized spacial score (nSPS) is 19.4. The number of nitrogens with two attached hydrogens (primary N) is 1. The van der Waals surface area contributed by atoms with Crippen LogP contribution in [0.3, 0.4) is 0 Å². The van der Waals surface area contributed by atoms with Crippen molar-refractivity contribution in [3.8, 4) is 5.75 Å². The van der Waals surface area contributed by atoms with E-state index in [1.165, 1.54) is 12.1 Å². The number of aliphatic imine (C=N–C) groups is 1. The maximum Gasteiger partial charge on any atom is 0.573 e. The van der Waals surface area contributed by atoms with Crippen molar-refractivity contribution in [3.05, 3.63) is 29.8 Å². The molecule has 0 saturated heterocycles. The highest BCUT2D eigenvalue weighted by atomic mass is 19.4. The molecule has 1 unspecified atom stereocenters. The maximum atomic E-state index is 11.9. The number of guanidine groups is 1. The van der Waals surface area contributed by atoms with Gasteiger partial charge in [-0.25, -0.2) is 4.99 Å². The van der Waals surface area contributed by atoms with Gasteiger partial charge < -0.3 is 10.5 Å². The lowest BCUT2D eigenvalue weighted by atomic mass is 10.1. The standard InChI is InChI=1S/C10H8F3N3O2/c11-10(12,13)18-6-3-1-5(2-4-6)7-8(17)16-9(14)15-7/h1-4,7H,(H3,14,15,16,17). The number of alkyl halides is 3. The van der Waals surface area contributed by atoms with Gasteiger partial charge in [0.15, 0.2) is 12.0 Å². The Bertz CT molecular complexity index is 496. The van der Waals surface area contributed by atoms with Gasteiger partial charge in [0.2, 0.25) is 0 Å². The highest BCUT2D eigenvalue weighted by Gasteiger charge is 2.31. The predicted molar refractivity (Wildman–Crippen MR) is 55.6 cm³/mol. The van der Waals surface area contributed by atoms with Gasteiger partial charge in [-0.2, -0.15) is 0 Å². The van der Waals surface area contributed by atoms with Crippen LogP contribution in [0.2, 0.25) is 0 Å². The molecule has 1 atom stereocenters. The highest BCUT2D eigenvalue weighted by molar-refractivity contribution is 6.04. The third kappa shape index (κ3) is 2.70. The van der Waals surface area contributed by atoms with Crippen LogP contribution in [0, 0.1) is 0 Å². The van der Waals surface area contributed by atoms with E-state index < -0.39 is 18.3 Å². The molecule has 2 rings (SSSR count). The topological polar surface area (TPSA) is 76.7 Å². The molecule has 0 radical (unpaired) electrons. The van der Waals surface area contributed by atoms with Crippen LogP contribution in [0.25, 0.3) is 0 Å².